The molecule has 122 valence electrons. The molecule has 0 spiro atoms. The molecule has 1 amide bonds. The first-order valence-corrected chi connectivity index (χ1v) is 7.10. The predicted molar refractivity (Wildman–Crippen MR) is 80.1 cm³/mol. The number of ketones is 1. The molecule has 0 aliphatic carbocycles. The van der Waals surface area contributed by atoms with Gasteiger partial charge in [-0.05, 0) is 33.2 Å². The lowest BCUT2D eigenvalue weighted by Gasteiger charge is -2.13. The quantitative estimate of drug-likeness (QED) is 0.337. The summed E-state index contributed by atoms with van der Waals surface area (Å²) in [4.78, 5) is 22.6. The van der Waals surface area contributed by atoms with Gasteiger partial charge in [0.25, 0.3) is 0 Å². The third-order valence-electron chi connectivity index (χ3n) is 2.92. The first-order chi connectivity index (χ1) is 10.0. The summed E-state index contributed by atoms with van der Waals surface area (Å²) >= 11 is 0. The highest BCUT2D eigenvalue weighted by atomic mass is 16.5. The maximum absolute atomic E-state index is 11.4. The van der Waals surface area contributed by atoms with Crippen LogP contribution in [-0.4, -0.2) is 63.8 Å². The second kappa shape index (κ2) is 12.1. The van der Waals surface area contributed by atoms with Crippen LogP contribution >= 0.6 is 0 Å². The number of Topliss-reactive ketones (excluding diaryl/α,β-unsaturated/α-hetero) is 1. The van der Waals surface area contributed by atoms with Crippen molar-refractivity contribution in [2.75, 3.05) is 40.8 Å². The third-order valence-corrected chi connectivity index (χ3v) is 2.92. The Labute approximate surface area is 126 Å². The number of alkyl carbamates (subject to hydrolysis) is 1. The lowest BCUT2D eigenvalue weighted by molar-refractivity contribution is -0.119. The maximum atomic E-state index is 11.4. The van der Waals surface area contributed by atoms with E-state index in [0.717, 1.165) is 19.3 Å². The molecular formula is C13H27N5O3. The average Bonchev–Trinajstić information content (AvgIpc) is 2.42. The van der Waals surface area contributed by atoms with E-state index in [4.69, 9.17) is 4.74 Å². The fraction of sp³-hybridized carbons (Fsp3) is 0.846. The number of unbranched alkanes of at least 4 members (excludes halogenated alkanes) is 1. The zero-order valence-electron chi connectivity index (χ0n) is 13.4. The van der Waals surface area contributed by atoms with Crippen LogP contribution in [0.15, 0.2) is 10.3 Å². The molecule has 0 aromatic rings. The van der Waals surface area contributed by atoms with Crippen molar-refractivity contribution < 1.29 is 14.3 Å². The predicted octanol–water partition coefficient (Wildman–Crippen LogP) is 0.989. The highest BCUT2D eigenvalue weighted by molar-refractivity contribution is 5.81. The molecule has 1 atom stereocenters. The van der Waals surface area contributed by atoms with E-state index in [9.17, 15) is 9.59 Å². The second-order valence-electron chi connectivity index (χ2n) is 4.68. The molecule has 0 aliphatic heterocycles. The van der Waals surface area contributed by atoms with Crippen molar-refractivity contribution in [2.45, 2.75) is 32.2 Å². The zero-order chi connectivity index (χ0) is 16.1. The Morgan fingerprint density at radius 3 is 2.62 bits per heavy atom. The Hall–Kier alpha value is -1.70. The largest absolute Gasteiger partial charge is 0.448 e. The van der Waals surface area contributed by atoms with Gasteiger partial charge in [0.05, 0.1) is 19.6 Å². The lowest BCUT2D eigenvalue weighted by Crippen LogP contribution is -2.32. The van der Waals surface area contributed by atoms with E-state index in [1.165, 1.54) is 0 Å². The number of nitrogens with one attached hydrogen (secondary N) is 2. The van der Waals surface area contributed by atoms with Gasteiger partial charge in [-0.1, -0.05) is 5.22 Å². The summed E-state index contributed by atoms with van der Waals surface area (Å²) in [6, 6.07) is -0.0970. The van der Waals surface area contributed by atoms with E-state index in [2.05, 4.69) is 21.0 Å². The number of carbonyl (C=O) groups excluding carboxylic acids is 2. The fourth-order valence-electron chi connectivity index (χ4n) is 1.73. The monoisotopic (exact) mass is 301 g/mol. The minimum absolute atomic E-state index is 0.0970. The Bertz CT molecular complexity index is 336. The van der Waals surface area contributed by atoms with Gasteiger partial charge in [0.1, 0.15) is 12.4 Å². The van der Waals surface area contributed by atoms with Gasteiger partial charge in [0, 0.05) is 13.6 Å². The van der Waals surface area contributed by atoms with Gasteiger partial charge in [-0.2, -0.15) is 5.11 Å². The highest BCUT2D eigenvalue weighted by Gasteiger charge is 2.10. The fourth-order valence-corrected chi connectivity index (χ4v) is 1.73. The number of likely N-dealkylation sites (N-methyl/N-ethyl adjacent to an activating group) is 2. The van der Waals surface area contributed by atoms with Crippen LogP contribution in [0.2, 0.25) is 0 Å². The topological polar surface area (TPSA) is 95.4 Å². The Kier molecular flexibility index (Phi) is 11.1. The summed E-state index contributed by atoms with van der Waals surface area (Å²) < 4.78 is 4.99. The molecule has 0 radical (unpaired) electrons. The summed E-state index contributed by atoms with van der Waals surface area (Å²) in [6.45, 7) is 2.87. The molecule has 2 N–H and O–H groups in total. The molecule has 0 bridgehead atoms. The van der Waals surface area contributed by atoms with Gasteiger partial charge in [-0.3, -0.25) is 9.80 Å². The summed E-state index contributed by atoms with van der Waals surface area (Å²) in [5.74, 6) is 0.137. The van der Waals surface area contributed by atoms with Gasteiger partial charge in [0.15, 0.2) is 0 Å². The molecule has 1 unspecified atom stereocenters. The molecule has 8 heteroatoms. The van der Waals surface area contributed by atoms with Crippen LogP contribution in [0, 0.1) is 0 Å². The lowest BCUT2D eigenvalue weighted by atomic mass is 10.1. The maximum Gasteiger partial charge on any atom is 0.407 e. The molecule has 0 fully saturated rings. The van der Waals surface area contributed by atoms with Crippen LogP contribution in [0.5, 0.6) is 0 Å². The van der Waals surface area contributed by atoms with Gasteiger partial charge < -0.3 is 15.4 Å². The number of hydrogen-bond acceptors (Lipinski definition) is 6. The summed E-state index contributed by atoms with van der Waals surface area (Å²) in [7, 11) is 5.10. The van der Waals surface area contributed by atoms with Crippen LogP contribution in [0.25, 0.3) is 0 Å². The van der Waals surface area contributed by atoms with E-state index < -0.39 is 6.09 Å². The smallest absolute Gasteiger partial charge is 0.407 e. The summed E-state index contributed by atoms with van der Waals surface area (Å²) in [5.41, 5.74) is 0. The standard InChI is InChI=1S/C13H27N5O3/c1-11(19)12(14-2)7-5-6-8-16-13(20)21-10-9-18(4)17-15-3/h12,14H,5-10H2,1-4H3,(H,16,20). The zero-order valence-corrected chi connectivity index (χ0v) is 13.4. The summed E-state index contributed by atoms with van der Waals surface area (Å²) in [6.07, 6.45) is 2.01. The van der Waals surface area contributed by atoms with Gasteiger partial charge >= 0.3 is 6.09 Å². The number of rotatable bonds is 11. The first-order valence-electron chi connectivity index (χ1n) is 7.10. The van der Waals surface area contributed by atoms with Crippen molar-refractivity contribution in [1.29, 1.82) is 0 Å². The third kappa shape index (κ3) is 10.7. The molecule has 21 heavy (non-hydrogen) atoms. The molecule has 0 aliphatic rings. The number of carbonyl (C=O) groups is 2. The van der Waals surface area contributed by atoms with Crippen LogP contribution in [0.3, 0.4) is 0 Å². The van der Waals surface area contributed by atoms with Crippen molar-refractivity contribution in [2.24, 2.45) is 10.3 Å². The van der Waals surface area contributed by atoms with E-state index >= 15 is 0 Å². The Morgan fingerprint density at radius 2 is 2.05 bits per heavy atom. The number of hydrogen-bond donors (Lipinski definition) is 2. The SMILES string of the molecule is CN=NN(C)CCOC(=O)NCCCCC(NC)C(C)=O. The minimum Gasteiger partial charge on any atom is -0.448 e. The average molecular weight is 301 g/mol. The molecule has 0 aromatic heterocycles. The number of nitrogens with zero attached hydrogens (tertiary/aromatic N) is 3. The van der Waals surface area contributed by atoms with Crippen LogP contribution in [-0.2, 0) is 9.53 Å². The number of amides is 1. The van der Waals surface area contributed by atoms with Crippen LogP contribution < -0.4 is 10.6 Å². The first kappa shape index (κ1) is 19.3. The molecule has 0 saturated heterocycles. The highest BCUT2D eigenvalue weighted by Crippen LogP contribution is 2.01. The number of ether oxygens (including phenoxy) is 1. The van der Waals surface area contributed by atoms with Gasteiger partial charge in [0.2, 0.25) is 0 Å². The van der Waals surface area contributed by atoms with Crippen molar-refractivity contribution in [3.63, 3.8) is 0 Å². The molecule has 0 saturated carbocycles. The molecule has 0 heterocycles. The van der Waals surface area contributed by atoms with Crippen molar-refractivity contribution in [3.8, 4) is 0 Å². The van der Waals surface area contributed by atoms with Crippen molar-refractivity contribution >= 4 is 11.9 Å². The summed E-state index contributed by atoms with van der Waals surface area (Å²) in [5, 5.41) is 14.6. The molecule has 0 rings (SSSR count). The second-order valence-corrected chi connectivity index (χ2v) is 4.68. The van der Waals surface area contributed by atoms with Crippen LogP contribution in [0.1, 0.15) is 26.2 Å². The molecule has 0 aromatic carbocycles. The molecule has 8 nitrogen and oxygen atoms in total. The van der Waals surface area contributed by atoms with E-state index in [-0.39, 0.29) is 18.4 Å². The van der Waals surface area contributed by atoms with E-state index in [0.29, 0.717) is 13.1 Å². The van der Waals surface area contributed by atoms with Crippen molar-refractivity contribution in [3.05, 3.63) is 0 Å². The Balaban J connectivity index is 3.56. The van der Waals surface area contributed by atoms with Crippen LogP contribution in [0.4, 0.5) is 4.79 Å². The van der Waals surface area contributed by atoms with Crippen molar-refractivity contribution in [1.82, 2.24) is 15.6 Å². The van der Waals surface area contributed by atoms with E-state index in [1.54, 1.807) is 33.1 Å². The Morgan fingerprint density at radius 1 is 1.33 bits per heavy atom. The normalized spacial score (nSPS) is 12.2. The van der Waals surface area contributed by atoms with E-state index in [1.807, 2.05) is 0 Å². The molecular weight excluding hydrogens is 274 g/mol. The van der Waals surface area contributed by atoms with Gasteiger partial charge in [-0.25, -0.2) is 4.79 Å². The van der Waals surface area contributed by atoms with Gasteiger partial charge in [-0.15, -0.1) is 0 Å². The minimum atomic E-state index is -0.437.